The molecule has 5 heteroatoms. The third-order valence-electron chi connectivity index (χ3n) is 3.12. The third-order valence-corrected chi connectivity index (χ3v) is 3.76. The van der Waals surface area contributed by atoms with E-state index in [1.54, 1.807) is 12.1 Å². The van der Waals surface area contributed by atoms with Crippen molar-refractivity contribution in [1.82, 2.24) is 0 Å². The van der Waals surface area contributed by atoms with Crippen LogP contribution in [0.5, 0.6) is 5.75 Å². The summed E-state index contributed by atoms with van der Waals surface area (Å²) in [5.41, 5.74) is 7.01. The fourth-order valence-electron chi connectivity index (χ4n) is 1.89. The Balaban J connectivity index is 1.86. The van der Waals surface area contributed by atoms with Gasteiger partial charge in [-0.05, 0) is 40.0 Å². The zero-order chi connectivity index (χ0) is 15.2. The van der Waals surface area contributed by atoms with Gasteiger partial charge in [-0.1, -0.05) is 30.3 Å². The maximum absolute atomic E-state index is 13.3. The van der Waals surface area contributed by atoms with E-state index in [0.717, 1.165) is 5.56 Å². The lowest BCUT2D eigenvalue weighted by Crippen LogP contribution is -2.40. The van der Waals surface area contributed by atoms with Crippen LogP contribution in [0.1, 0.15) is 5.56 Å². The van der Waals surface area contributed by atoms with E-state index in [4.69, 9.17) is 10.5 Å². The average Bonchev–Trinajstić information content (AvgIpc) is 2.49. The standard InChI is InChI=1S/C16H17BrFNO2/c17-13-7-6-12(9-14(13)18)21-10-16(20)15(19)8-11-4-2-1-3-5-11/h1-7,9,15-16,20H,8,10,19H2. The van der Waals surface area contributed by atoms with Crippen LogP contribution in [0.4, 0.5) is 4.39 Å². The Morgan fingerprint density at radius 1 is 1.19 bits per heavy atom. The van der Waals surface area contributed by atoms with Crippen molar-refractivity contribution in [1.29, 1.82) is 0 Å². The van der Waals surface area contributed by atoms with Gasteiger partial charge in [0.2, 0.25) is 0 Å². The molecule has 2 aromatic carbocycles. The Morgan fingerprint density at radius 2 is 1.90 bits per heavy atom. The predicted molar refractivity (Wildman–Crippen MR) is 83.7 cm³/mol. The number of benzene rings is 2. The van der Waals surface area contributed by atoms with Crippen LogP contribution < -0.4 is 10.5 Å². The van der Waals surface area contributed by atoms with Gasteiger partial charge < -0.3 is 15.6 Å². The van der Waals surface area contributed by atoms with Gasteiger partial charge in [0, 0.05) is 12.1 Å². The number of aliphatic hydroxyl groups excluding tert-OH is 1. The predicted octanol–water partition coefficient (Wildman–Crippen LogP) is 2.90. The van der Waals surface area contributed by atoms with Gasteiger partial charge in [-0.2, -0.15) is 0 Å². The number of ether oxygens (including phenoxy) is 1. The normalized spacial score (nSPS) is 13.7. The van der Waals surface area contributed by atoms with E-state index in [-0.39, 0.29) is 6.61 Å². The average molecular weight is 354 g/mol. The SMILES string of the molecule is NC(Cc1ccccc1)C(O)COc1ccc(Br)c(F)c1. The Morgan fingerprint density at radius 3 is 2.57 bits per heavy atom. The van der Waals surface area contributed by atoms with Crippen LogP contribution in [-0.4, -0.2) is 23.9 Å². The molecular weight excluding hydrogens is 337 g/mol. The van der Waals surface area contributed by atoms with Gasteiger partial charge in [0.15, 0.2) is 0 Å². The minimum absolute atomic E-state index is 0.0229. The topological polar surface area (TPSA) is 55.5 Å². The van der Waals surface area contributed by atoms with Crippen LogP contribution in [-0.2, 0) is 6.42 Å². The highest BCUT2D eigenvalue weighted by atomic mass is 79.9. The first-order valence-electron chi connectivity index (χ1n) is 6.61. The third kappa shape index (κ3) is 4.81. The summed E-state index contributed by atoms with van der Waals surface area (Å²) in [6.07, 6.45) is -0.267. The molecule has 0 spiro atoms. The second-order valence-corrected chi connectivity index (χ2v) is 5.66. The summed E-state index contributed by atoms with van der Waals surface area (Å²) in [5, 5.41) is 10.0. The second-order valence-electron chi connectivity index (χ2n) is 4.81. The smallest absolute Gasteiger partial charge is 0.141 e. The summed E-state index contributed by atoms with van der Waals surface area (Å²) in [7, 11) is 0. The molecule has 0 aromatic heterocycles. The highest BCUT2D eigenvalue weighted by Gasteiger charge is 2.16. The van der Waals surface area contributed by atoms with Crippen LogP contribution in [0.25, 0.3) is 0 Å². The molecule has 2 rings (SSSR count). The monoisotopic (exact) mass is 353 g/mol. The molecule has 0 aliphatic rings. The highest BCUT2D eigenvalue weighted by Crippen LogP contribution is 2.21. The van der Waals surface area contributed by atoms with Crippen LogP contribution >= 0.6 is 15.9 Å². The first-order valence-corrected chi connectivity index (χ1v) is 7.41. The van der Waals surface area contributed by atoms with E-state index in [1.165, 1.54) is 6.07 Å². The van der Waals surface area contributed by atoms with E-state index in [1.807, 2.05) is 30.3 Å². The summed E-state index contributed by atoms with van der Waals surface area (Å²) < 4.78 is 19.1. The Kier molecular flexibility index (Phi) is 5.73. The molecule has 0 bridgehead atoms. The molecule has 21 heavy (non-hydrogen) atoms. The zero-order valence-electron chi connectivity index (χ0n) is 11.4. The summed E-state index contributed by atoms with van der Waals surface area (Å²) in [5.74, 6) is -0.0442. The molecule has 0 saturated carbocycles. The largest absolute Gasteiger partial charge is 0.491 e. The molecule has 112 valence electrons. The fourth-order valence-corrected chi connectivity index (χ4v) is 2.14. The quantitative estimate of drug-likeness (QED) is 0.839. The second kappa shape index (κ2) is 7.54. The zero-order valence-corrected chi connectivity index (χ0v) is 13.0. The summed E-state index contributed by atoms with van der Waals surface area (Å²) >= 11 is 3.07. The first-order chi connectivity index (χ1) is 10.1. The van der Waals surface area contributed by atoms with Crippen molar-refractivity contribution >= 4 is 15.9 Å². The molecule has 0 amide bonds. The molecule has 0 aliphatic heterocycles. The summed E-state index contributed by atoms with van der Waals surface area (Å²) in [6.45, 7) is 0.0229. The number of rotatable bonds is 6. The van der Waals surface area contributed by atoms with Gasteiger partial charge in [0.05, 0.1) is 4.47 Å². The van der Waals surface area contributed by atoms with Crippen LogP contribution in [0.2, 0.25) is 0 Å². The Hall–Kier alpha value is -1.43. The van der Waals surface area contributed by atoms with Crippen LogP contribution in [0.3, 0.4) is 0 Å². The van der Waals surface area contributed by atoms with Crippen molar-refractivity contribution < 1.29 is 14.2 Å². The van der Waals surface area contributed by atoms with Gasteiger partial charge >= 0.3 is 0 Å². The molecule has 2 aromatic rings. The van der Waals surface area contributed by atoms with Crippen molar-refractivity contribution in [3.8, 4) is 5.75 Å². The molecule has 0 fully saturated rings. The van der Waals surface area contributed by atoms with E-state index in [0.29, 0.717) is 16.6 Å². The molecule has 3 N–H and O–H groups in total. The highest BCUT2D eigenvalue weighted by molar-refractivity contribution is 9.10. The maximum atomic E-state index is 13.3. The fraction of sp³-hybridized carbons (Fsp3) is 0.250. The first kappa shape index (κ1) is 15.9. The van der Waals surface area contributed by atoms with E-state index >= 15 is 0 Å². The van der Waals surface area contributed by atoms with Gasteiger partial charge in [0.1, 0.15) is 24.3 Å². The molecule has 0 saturated heterocycles. The minimum Gasteiger partial charge on any atom is -0.491 e. The van der Waals surface area contributed by atoms with E-state index < -0.39 is 18.0 Å². The Labute approximate surface area is 131 Å². The van der Waals surface area contributed by atoms with Gasteiger partial charge in [-0.15, -0.1) is 0 Å². The van der Waals surface area contributed by atoms with Gasteiger partial charge in [0.25, 0.3) is 0 Å². The molecule has 0 heterocycles. The van der Waals surface area contributed by atoms with Crippen molar-refractivity contribution in [3.05, 3.63) is 64.4 Å². The van der Waals surface area contributed by atoms with E-state index in [9.17, 15) is 9.50 Å². The number of hydrogen-bond acceptors (Lipinski definition) is 3. The van der Waals surface area contributed by atoms with Crippen molar-refractivity contribution in [2.75, 3.05) is 6.61 Å². The summed E-state index contributed by atoms with van der Waals surface area (Å²) in [6, 6.07) is 13.7. The van der Waals surface area contributed by atoms with Crippen molar-refractivity contribution in [2.45, 2.75) is 18.6 Å². The minimum atomic E-state index is -0.822. The van der Waals surface area contributed by atoms with Crippen LogP contribution in [0, 0.1) is 5.82 Å². The lowest BCUT2D eigenvalue weighted by atomic mass is 10.0. The van der Waals surface area contributed by atoms with Crippen molar-refractivity contribution in [3.63, 3.8) is 0 Å². The molecular formula is C16H17BrFNO2. The van der Waals surface area contributed by atoms with E-state index in [2.05, 4.69) is 15.9 Å². The lowest BCUT2D eigenvalue weighted by molar-refractivity contribution is 0.0850. The number of halogens is 2. The molecule has 0 aliphatic carbocycles. The van der Waals surface area contributed by atoms with Crippen LogP contribution in [0.15, 0.2) is 53.0 Å². The molecule has 2 atom stereocenters. The van der Waals surface area contributed by atoms with Gasteiger partial charge in [-0.3, -0.25) is 0 Å². The number of nitrogens with two attached hydrogens (primary N) is 1. The number of aliphatic hydroxyl groups is 1. The molecule has 3 nitrogen and oxygen atoms in total. The number of hydrogen-bond donors (Lipinski definition) is 2. The maximum Gasteiger partial charge on any atom is 0.141 e. The lowest BCUT2D eigenvalue weighted by Gasteiger charge is -2.19. The Bertz CT molecular complexity index is 580. The molecule has 2 unspecified atom stereocenters. The summed E-state index contributed by atoms with van der Waals surface area (Å²) in [4.78, 5) is 0. The van der Waals surface area contributed by atoms with Gasteiger partial charge in [-0.25, -0.2) is 4.39 Å². The molecule has 0 radical (unpaired) electrons. The van der Waals surface area contributed by atoms with Crippen molar-refractivity contribution in [2.24, 2.45) is 5.73 Å².